The van der Waals surface area contributed by atoms with Crippen molar-refractivity contribution in [2.24, 2.45) is 7.05 Å². The van der Waals surface area contributed by atoms with Gasteiger partial charge in [-0.2, -0.15) is 5.10 Å². The zero-order chi connectivity index (χ0) is 11.6. The highest BCUT2D eigenvalue weighted by Gasteiger charge is 2.21. The van der Waals surface area contributed by atoms with Crippen LogP contribution in [0, 0.1) is 0 Å². The van der Waals surface area contributed by atoms with Gasteiger partial charge in [0.1, 0.15) is 0 Å². The summed E-state index contributed by atoms with van der Waals surface area (Å²) in [5, 5.41) is 6.44. The molecule has 1 amide bonds. The number of methoxy groups -OCH3 is 1. The number of nitrogens with zero attached hydrogens (tertiary/aromatic N) is 2. The molecule has 1 aromatic rings. The van der Waals surface area contributed by atoms with E-state index in [4.69, 9.17) is 0 Å². The summed E-state index contributed by atoms with van der Waals surface area (Å²) in [4.78, 5) is 22.2. The average Bonchev–Trinajstić information content (AvgIpc) is 2.40. The molecular weight excluding hydrogens is 266 g/mol. The van der Waals surface area contributed by atoms with Crippen LogP contribution in [0.25, 0.3) is 0 Å². The number of anilines is 1. The number of carbonyl (C=O) groups excluding carboxylic acids is 2. The minimum absolute atomic E-state index is 0.251. The van der Waals surface area contributed by atoms with E-state index in [2.05, 4.69) is 31.1 Å². The summed E-state index contributed by atoms with van der Waals surface area (Å²) < 4.78 is 6.32. The van der Waals surface area contributed by atoms with E-state index < -0.39 is 5.97 Å². The van der Waals surface area contributed by atoms with Crippen molar-refractivity contribution in [1.82, 2.24) is 9.78 Å². The van der Waals surface area contributed by atoms with Gasteiger partial charge >= 0.3 is 5.97 Å². The van der Waals surface area contributed by atoms with Gasteiger partial charge in [-0.1, -0.05) is 0 Å². The van der Waals surface area contributed by atoms with Gasteiger partial charge in [-0.05, 0) is 15.9 Å². The zero-order valence-electron chi connectivity index (χ0n) is 8.50. The number of ether oxygens (including phenoxy) is 1. The maximum atomic E-state index is 11.3. The van der Waals surface area contributed by atoms with Crippen molar-refractivity contribution in [3.63, 3.8) is 0 Å². The summed E-state index contributed by atoms with van der Waals surface area (Å²) in [7, 11) is 2.86. The Morgan fingerprint density at radius 3 is 2.60 bits per heavy atom. The molecule has 0 fully saturated rings. The molecule has 0 atom stereocenters. The number of aromatic nitrogens is 2. The van der Waals surface area contributed by atoms with Crippen molar-refractivity contribution in [2.75, 3.05) is 12.4 Å². The maximum absolute atomic E-state index is 11.3. The molecule has 1 rings (SSSR count). The second-order valence-electron chi connectivity index (χ2n) is 2.81. The predicted octanol–water partition coefficient (Wildman–Crippen LogP) is 0.928. The fourth-order valence-electron chi connectivity index (χ4n) is 1.06. The third-order valence-electron chi connectivity index (χ3n) is 1.66. The van der Waals surface area contributed by atoms with E-state index in [1.165, 1.54) is 18.7 Å². The lowest BCUT2D eigenvalue weighted by Gasteiger charge is -1.98. The summed E-state index contributed by atoms with van der Waals surface area (Å²) >= 11 is 3.17. The molecule has 0 saturated carbocycles. The molecule has 6 nitrogen and oxygen atoms in total. The summed E-state index contributed by atoms with van der Waals surface area (Å²) in [6, 6.07) is 0. The van der Waals surface area contributed by atoms with Crippen LogP contribution in [-0.2, 0) is 16.6 Å². The minimum atomic E-state index is -0.520. The second kappa shape index (κ2) is 4.43. The van der Waals surface area contributed by atoms with Gasteiger partial charge in [0.05, 0.1) is 11.6 Å². The van der Waals surface area contributed by atoms with Gasteiger partial charge in [0.25, 0.3) is 0 Å². The zero-order valence-corrected chi connectivity index (χ0v) is 10.1. The first-order valence-corrected chi connectivity index (χ1v) is 4.85. The number of hydrogen-bond donors (Lipinski definition) is 1. The van der Waals surface area contributed by atoms with Crippen molar-refractivity contribution in [3.8, 4) is 0 Å². The lowest BCUT2D eigenvalue weighted by atomic mass is 10.4. The largest absolute Gasteiger partial charge is 0.464 e. The topological polar surface area (TPSA) is 73.2 Å². The molecule has 1 aromatic heterocycles. The van der Waals surface area contributed by atoms with Gasteiger partial charge in [0, 0.05) is 14.0 Å². The molecular formula is C8H10BrN3O3. The number of halogens is 1. The average molecular weight is 276 g/mol. The highest BCUT2D eigenvalue weighted by atomic mass is 79.9. The van der Waals surface area contributed by atoms with Gasteiger partial charge in [0.2, 0.25) is 5.91 Å². The Balaban J connectivity index is 3.14. The van der Waals surface area contributed by atoms with Crippen LogP contribution in [0.2, 0.25) is 0 Å². The highest BCUT2D eigenvalue weighted by molar-refractivity contribution is 9.10. The first kappa shape index (κ1) is 11.7. The van der Waals surface area contributed by atoms with E-state index in [9.17, 15) is 9.59 Å². The summed E-state index contributed by atoms with van der Waals surface area (Å²) in [6.07, 6.45) is 0. The van der Waals surface area contributed by atoms with E-state index in [-0.39, 0.29) is 11.6 Å². The number of aryl methyl sites for hydroxylation is 1. The quantitative estimate of drug-likeness (QED) is 0.815. The third-order valence-corrected chi connectivity index (χ3v) is 2.41. The Labute approximate surface area is 94.7 Å². The van der Waals surface area contributed by atoms with Crippen LogP contribution in [0.4, 0.5) is 5.82 Å². The van der Waals surface area contributed by atoms with Crippen molar-refractivity contribution in [2.45, 2.75) is 6.92 Å². The lowest BCUT2D eigenvalue weighted by molar-refractivity contribution is -0.114. The van der Waals surface area contributed by atoms with Crippen LogP contribution in [0.3, 0.4) is 0 Å². The fourth-order valence-corrected chi connectivity index (χ4v) is 1.66. The van der Waals surface area contributed by atoms with Crippen LogP contribution in [0.1, 0.15) is 17.4 Å². The smallest absolute Gasteiger partial charge is 0.357 e. The van der Waals surface area contributed by atoms with Crippen LogP contribution in [0.15, 0.2) is 4.47 Å². The number of hydrogen-bond acceptors (Lipinski definition) is 4. The molecule has 0 unspecified atom stereocenters. The van der Waals surface area contributed by atoms with E-state index in [1.54, 1.807) is 7.05 Å². The Hall–Kier alpha value is -1.37. The summed E-state index contributed by atoms with van der Waals surface area (Å²) in [5.41, 5.74) is 0.251. The van der Waals surface area contributed by atoms with Crippen molar-refractivity contribution >= 4 is 33.6 Å². The van der Waals surface area contributed by atoms with Crippen LogP contribution in [0.5, 0.6) is 0 Å². The van der Waals surface area contributed by atoms with E-state index >= 15 is 0 Å². The molecule has 0 aliphatic heterocycles. The summed E-state index contributed by atoms with van der Waals surface area (Å²) in [6.45, 7) is 1.36. The minimum Gasteiger partial charge on any atom is -0.464 e. The van der Waals surface area contributed by atoms with E-state index in [1.807, 2.05) is 0 Å². The molecule has 82 valence electrons. The highest BCUT2D eigenvalue weighted by Crippen LogP contribution is 2.25. The molecule has 7 heteroatoms. The van der Waals surface area contributed by atoms with Crippen LogP contribution < -0.4 is 5.32 Å². The van der Waals surface area contributed by atoms with Gasteiger partial charge < -0.3 is 10.1 Å². The predicted molar refractivity (Wildman–Crippen MR) is 56.6 cm³/mol. The third kappa shape index (κ3) is 2.35. The van der Waals surface area contributed by atoms with Gasteiger partial charge in [-0.25, -0.2) is 4.79 Å². The normalized spacial score (nSPS) is 9.87. The summed E-state index contributed by atoms with van der Waals surface area (Å²) in [5.74, 6) is -0.482. The van der Waals surface area contributed by atoms with Crippen molar-refractivity contribution in [1.29, 1.82) is 0 Å². The Kier molecular flexibility index (Phi) is 3.46. The monoisotopic (exact) mass is 275 g/mol. The first-order chi connectivity index (χ1) is 6.97. The van der Waals surface area contributed by atoms with Gasteiger partial charge in [-0.3, -0.25) is 9.48 Å². The molecule has 1 N–H and O–H groups in total. The van der Waals surface area contributed by atoms with Gasteiger partial charge in [-0.15, -0.1) is 0 Å². The number of carbonyl (C=O) groups is 2. The molecule has 0 bridgehead atoms. The SMILES string of the molecule is COC(=O)c1c(Br)c(NC(C)=O)nn1C. The molecule has 0 saturated heterocycles. The number of esters is 1. The Morgan fingerprint density at radius 2 is 2.13 bits per heavy atom. The molecule has 15 heavy (non-hydrogen) atoms. The van der Waals surface area contributed by atoms with E-state index in [0.717, 1.165) is 0 Å². The molecule has 1 heterocycles. The Bertz CT molecular complexity index is 414. The molecule has 0 aliphatic carbocycles. The number of rotatable bonds is 2. The van der Waals surface area contributed by atoms with Crippen LogP contribution >= 0.6 is 15.9 Å². The standard InChI is InChI=1S/C8H10BrN3O3/c1-4(13)10-7-5(9)6(8(14)15-3)12(2)11-7/h1-3H3,(H,10,11,13). The van der Waals surface area contributed by atoms with Crippen molar-refractivity contribution in [3.05, 3.63) is 10.2 Å². The fraction of sp³-hybridized carbons (Fsp3) is 0.375. The molecule has 0 aliphatic rings. The molecule has 0 spiro atoms. The molecule has 0 aromatic carbocycles. The lowest BCUT2D eigenvalue weighted by Crippen LogP contribution is -2.08. The number of amides is 1. The first-order valence-electron chi connectivity index (χ1n) is 4.05. The van der Waals surface area contributed by atoms with Gasteiger partial charge in [0.15, 0.2) is 11.5 Å². The van der Waals surface area contributed by atoms with Crippen molar-refractivity contribution < 1.29 is 14.3 Å². The molecule has 0 radical (unpaired) electrons. The Morgan fingerprint density at radius 1 is 1.53 bits per heavy atom. The van der Waals surface area contributed by atoms with E-state index in [0.29, 0.717) is 10.3 Å². The maximum Gasteiger partial charge on any atom is 0.357 e. The number of nitrogens with one attached hydrogen (secondary N) is 1. The second-order valence-corrected chi connectivity index (χ2v) is 3.60. The van der Waals surface area contributed by atoms with Crippen LogP contribution in [-0.4, -0.2) is 28.8 Å².